The van der Waals surface area contributed by atoms with Crippen LogP contribution in [0.2, 0.25) is 0 Å². The van der Waals surface area contributed by atoms with Crippen molar-refractivity contribution >= 4 is 47.5 Å². The van der Waals surface area contributed by atoms with Gasteiger partial charge in [0.2, 0.25) is 0 Å². The fourth-order valence-corrected chi connectivity index (χ4v) is 8.23. The summed E-state index contributed by atoms with van der Waals surface area (Å²) in [6.45, 7) is 12.4. The van der Waals surface area contributed by atoms with Crippen LogP contribution in [0.4, 0.5) is 0 Å². The summed E-state index contributed by atoms with van der Waals surface area (Å²) in [5.74, 6) is -3.74. The van der Waals surface area contributed by atoms with E-state index in [2.05, 4.69) is 23.8 Å². The van der Waals surface area contributed by atoms with E-state index in [9.17, 15) is 24.3 Å². The summed E-state index contributed by atoms with van der Waals surface area (Å²) in [5, 5.41) is 14.7. The van der Waals surface area contributed by atoms with Gasteiger partial charge in [-0.2, -0.15) is 0 Å². The summed E-state index contributed by atoms with van der Waals surface area (Å²) in [6, 6.07) is -0.226. The number of allylic oxidation sites excluding steroid dienone is 7. The van der Waals surface area contributed by atoms with Crippen LogP contribution in [0.3, 0.4) is 0 Å². The second kappa shape index (κ2) is 16.1. The molecule has 56 heavy (non-hydrogen) atoms. The van der Waals surface area contributed by atoms with E-state index in [4.69, 9.17) is 28.9 Å². The van der Waals surface area contributed by atoms with E-state index < -0.39 is 29.2 Å². The lowest BCUT2D eigenvalue weighted by Gasteiger charge is -2.37. The van der Waals surface area contributed by atoms with Crippen molar-refractivity contribution in [2.24, 2.45) is 27.2 Å². The Hall–Kier alpha value is -5.82. The molecule has 1 aromatic rings. The molecule has 0 spiro atoms. The first-order chi connectivity index (χ1) is 26.8. The summed E-state index contributed by atoms with van der Waals surface area (Å²) in [6.07, 6.45) is 13.6. The molecule has 2 unspecified atom stereocenters. The molecule has 5 heterocycles. The number of rotatable bonds is 12. The number of hydrogen-bond acceptors (Lipinski definition) is 11. The minimum Gasteiger partial charge on any atom is -0.481 e. The van der Waals surface area contributed by atoms with E-state index >= 15 is 0 Å². The standard InChI is InChI=1S/C43H48N4O9/c1-9-25-22(2)31-19-36-29-13-10-28(41(51)54-7)40(42(52)55-8)43(29,5)37(47-36)21-32-24(4)27(12-15-39(50)56-17-16-53-6)35(46-32)20-34-26(11-14-38(48)49)23(3)30(45-34)18-33(25)44-31/h9-10,13,18-21,23,30,40,45-46H,1,11-12,14-17H2,2-8H3,(H,48,49)/b32-21-,33-18-,35-20-,36-19-/t23?,30?,40-,43+/m0/s1. The quantitative estimate of drug-likeness (QED) is 0.161. The molecule has 3 N–H and O–H groups in total. The van der Waals surface area contributed by atoms with Crippen LogP contribution in [0.25, 0.3) is 12.2 Å². The topological polar surface area (TPSA) is 178 Å². The molecule has 0 saturated carbocycles. The van der Waals surface area contributed by atoms with Crippen molar-refractivity contribution in [2.45, 2.75) is 59.4 Å². The molecular weight excluding hydrogens is 716 g/mol. The normalized spacial score (nSPS) is 26.7. The molecule has 8 bridgehead atoms. The van der Waals surface area contributed by atoms with Crippen molar-refractivity contribution in [1.82, 2.24) is 10.3 Å². The Labute approximate surface area is 325 Å². The smallest absolute Gasteiger partial charge is 0.334 e. The van der Waals surface area contributed by atoms with E-state index in [1.807, 2.05) is 45.1 Å². The first kappa shape index (κ1) is 39.9. The van der Waals surface area contributed by atoms with Crippen LogP contribution in [0.1, 0.15) is 51.2 Å². The fraction of sp³-hybridized carbons (Fsp3) is 0.395. The molecule has 13 nitrogen and oxygen atoms in total. The highest BCUT2D eigenvalue weighted by atomic mass is 16.6. The van der Waals surface area contributed by atoms with E-state index in [1.54, 1.807) is 18.2 Å². The van der Waals surface area contributed by atoms with Crippen molar-refractivity contribution in [2.75, 3.05) is 34.5 Å². The number of carbonyl (C=O) groups excluding carboxylic acids is 3. The number of carbonyl (C=O) groups is 4. The minimum atomic E-state index is -1.18. The van der Waals surface area contributed by atoms with E-state index in [0.717, 1.165) is 33.5 Å². The van der Waals surface area contributed by atoms with Gasteiger partial charge in [-0.05, 0) is 85.8 Å². The van der Waals surface area contributed by atoms with Crippen LogP contribution in [0.5, 0.6) is 0 Å². The third-order valence-electron chi connectivity index (χ3n) is 11.4. The maximum Gasteiger partial charge on any atom is 0.334 e. The molecule has 1 aromatic heterocycles. The number of aromatic amines is 1. The molecule has 4 atom stereocenters. The number of carboxylic acid groups (broad SMARTS) is 1. The maximum atomic E-state index is 13.7. The second-order valence-corrected chi connectivity index (χ2v) is 14.5. The lowest BCUT2D eigenvalue weighted by molar-refractivity contribution is -0.149. The molecule has 4 aliphatic heterocycles. The van der Waals surface area contributed by atoms with Gasteiger partial charge in [-0.15, -0.1) is 0 Å². The molecule has 294 valence electrons. The summed E-state index contributed by atoms with van der Waals surface area (Å²) in [5.41, 5.74) is 7.20. The van der Waals surface area contributed by atoms with Gasteiger partial charge in [0.05, 0.1) is 60.7 Å². The molecule has 0 radical (unpaired) electrons. The summed E-state index contributed by atoms with van der Waals surface area (Å²) in [4.78, 5) is 65.4. The van der Waals surface area contributed by atoms with Gasteiger partial charge in [0.1, 0.15) is 12.5 Å². The van der Waals surface area contributed by atoms with E-state index in [1.165, 1.54) is 21.3 Å². The molecule has 0 aromatic carbocycles. The number of hydrogen-bond donors (Lipinski definition) is 3. The van der Waals surface area contributed by atoms with Crippen molar-refractivity contribution in [3.63, 3.8) is 0 Å². The van der Waals surface area contributed by atoms with Gasteiger partial charge in [-0.25, -0.2) is 9.79 Å². The summed E-state index contributed by atoms with van der Waals surface area (Å²) < 4.78 is 20.9. The van der Waals surface area contributed by atoms with Crippen LogP contribution in [-0.2, 0) is 44.5 Å². The van der Waals surface area contributed by atoms with Crippen molar-refractivity contribution in [3.05, 3.63) is 104 Å². The highest BCUT2D eigenvalue weighted by molar-refractivity contribution is 6.22. The average molecular weight is 765 g/mol. The Morgan fingerprint density at radius 2 is 1.73 bits per heavy atom. The first-order valence-corrected chi connectivity index (χ1v) is 18.6. The number of esters is 3. The van der Waals surface area contributed by atoms with Gasteiger partial charge in [0.15, 0.2) is 0 Å². The predicted molar refractivity (Wildman–Crippen MR) is 211 cm³/mol. The van der Waals surface area contributed by atoms with Gasteiger partial charge in [0.25, 0.3) is 0 Å². The molecule has 6 rings (SSSR count). The fourth-order valence-electron chi connectivity index (χ4n) is 8.23. The van der Waals surface area contributed by atoms with Crippen molar-refractivity contribution in [1.29, 1.82) is 0 Å². The van der Waals surface area contributed by atoms with Crippen LogP contribution >= 0.6 is 0 Å². The minimum absolute atomic E-state index is 0.0463. The predicted octanol–water partition coefficient (Wildman–Crippen LogP) is 3.76. The van der Waals surface area contributed by atoms with Gasteiger partial charge in [-0.1, -0.05) is 31.7 Å². The lowest BCUT2D eigenvalue weighted by atomic mass is 9.63. The van der Waals surface area contributed by atoms with Crippen molar-refractivity contribution in [3.8, 4) is 0 Å². The molecule has 0 saturated heterocycles. The number of methoxy groups -OCH3 is 3. The Kier molecular flexibility index (Phi) is 11.5. The largest absolute Gasteiger partial charge is 0.481 e. The SMILES string of the molecule is C=CC1=C(C)C2=NC/1=C\C1NC(=C(CCC(=O)O)C1C)/C=c1\[nH]/c(c(C)c1CCC(=O)OCCOC)=C\C1=NC(=C\2)/C2=CC=C(C(=O)OC)[C@@H](C(=O)OC)[C@]21C. The number of aromatic nitrogens is 1. The maximum absolute atomic E-state index is 13.7. The zero-order chi connectivity index (χ0) is 40.5. The molecule has 1 aliphatic carbocycles. The summed E-state index contributed by atoms with van der Waals surface area (Å²) in [7, 11) is 4.08. The number of ether oxygens (including phenoxy) is 4. The highest BCUT2D eigenvalue weighted by Gasteiger charge is 2.55. The van der Waals surface area contributed by atoms with Gasteiger partial charge in [0, 0.05) is 47.8 Å². The third-order valence-corrected chi connectivity index (χ3v) is 11.4. The molecule has 5 aliphatic rings. The number of fused-ring (bicyclic) bond motifs is 9. The Morgan fingerprint density at radius 1 is 0.964 bits per heavy atom. The van der Waals surface area contributed by atoms with Gasteiger partial charge >= 0.3 is 23.9 Å². The summed E-state index contributed by atoms with van der Waals surface area (Å²) >= 11 is 0. The molecular formula is C43H48N4O9. The van der Waals surface area contributed by atoms with E-state index in [-0.39, 0.29) is 49.6 Å². The highest BCUT2D eigenvalue weighted by Crippen LogP contribution is 2.52. The number of aliphatic carboxylic acids is 1. The molecule has 0 amide bonds. The monoisotopic (exact) mass is 764 g/mol. The zero-order valence-electron chi connectivity index (χ0n) is 32.8. The number of nitrogens with zero attached hydrogens (tertiary/aromatic N) is 2. The Balaban J connectivity index is 1.64. The molecule has 0 fully saturated rings. The second-order valence-electron chi connectivity index (χ2n) is 14.5. The van der Waals surface area contributed by atoms with Crippen LogP contribution in [-0.4, -0.2) is 86.0 Å². The van der Waals surface area contributed by atoms with Crippen LogP contribution < -0.4 is 16.0 Å². The molecule has 13 heteroatoms. The van der Waals surface area contributed by atoms with Crippen LogP contribution in [0, 0.1) is 24.2 Å². The third kappa shape index (κ3) is 7.18. The number of nitrogens with one attached hydrogen (secondary N) is 2. The lowest BCUT2D eigenvalue weighted by Crippen LogP contribution is -2.44. The Morgan fingerprint density at radius 3 is 2.41 bits per heavy atom. The number of aliphatic imine (C=N–C) groups is 2. The van der Waals surface area contributed by atoms with Crippen molar-refractivity contribution < 1.29 is 43.2 Å². The van der Waals surface area contributed by atoms with Gasteiger partial charge in [-0.3, -0.25) is 19.4 Å². The Bertz CT molecular complexity index is 2290. The number of H-pyrrole nitrogens is 1. The first-order valence-electron chi connectivity index (χ1n) is 18.6. The number of carboxylic acids is 1. The van der Waals surface area contributed by atoms with Crippen LogP contribution in [0.15, 0.2) is 91.9 Å². The van der Waals surface area contributed by atoms with Gasteiger partial charge < -0.3 is 34.4 Å². The average Bonchev–Trinajstić information content (AvgIpc) is 3.83. The van der Waals surface area contributed by atoms with E-state index in [0.29, 0.717) is 51.9 Å². The zero-order valence-corrected chi connectivity index (χ0v) is 32.8.